The van der Waals surface area contributed by atoms with Gasteiger partial charge in [0.2, 0.25) is 0 Å². The molecule has 8 rings (SSSR count). The quantitative estimate of drug-likeness (QED) is 0.154. The average molecular weight is 1030 g/mol. The molecule has 0 saturated heterocycles. The van der Waals surface area contributed by atoms with Crippen LogP contribution in [0.1, 0.15) is 114 Å². The Balaban J connectivity index is 0.00000741. The van der Waals surface area contributed by atoms with Crippen LogP contribution in [-0.2, 0) is 43.7 Å². The van der Waals surface area contributed by atoms with Crippen molar-refractivity contribution < 1.29 is 35.8 Å². The predicted octanol–water partition coefficient (Wildman–Crippen LogP) is 15.7. The minimum Gasteiger partial charge on any atom is -0.507 e. The van der Waals surface area contributed by atoms with E-state index in [4.69, 9.17) is 19.6 Å². The van der Waals surface area contributed by atoms with Crippen LogP contribution in [0.3, 0.4) is 0 Å². The fourth-order valence-corrected chi connectivity index (χ4v) is 8.27. The van der Waals surface area contributed by atoms with Gasteiger partial charge in [-0.2, -0.15) is 0 Å². The minimum atomic E-state index is -2.82. The molecule has 0 atom stereocenters. The van der Waals surface area contributed by atoms with Gasteiger partial charge < -0.3 is 5.11 Å². The van der Waals surface area contributed by atoms with Crippen molar-refractivity contribution in [3.05, 3.63) is 167 Å². The van der Waals surface area contributed by atoms with Crippen molar-refractivity contribution in [1.29, 1.82) is 0 Å². The zero-order chi connectivity index (χ0) is 51.0. The third kappa shape index (κ3) is 9.45. The molecule has 0 aliphatic rings. The summed E-state index contributed by atoms with van der Waals surface area (Å²) >= 11 is 0. The van der Waals surface area contributed by atoms with Crippen LogP contribution in [-0.4, -0.2) is 19.6 Å². The summed E-state index contributed by atoms with van der Waals surface area (Å²) in [6.45, 7) is 21.0. The maximum absolute atomic E-state index is 12.5. The maximum atomic E-state index is 12.5. The largest absolute Gasteiger partial charge is 0.507 e. The molecule has 0 radical (unpaired) electrons. The van der Waals surface area contributed by atoms with Gasteiger partial charge in [0.05, 0.1) is 22.1 Å². The van der Waals surface area contributed by atoms with E-state index in [1.165, 1.54) is 11.1 Å². The third-order valence-electron chi connectivity index (χ3n) is 11.7. The number of rotatable bonds is 8. The second kappa shape index (κ2) is 17.8. The van der Waals surface area contributed by atoms with Gasteiger partial charge in [-0.3, -0.25) is 9.55 Å². The number of nitrogens with zero attached hydrogens (tertiary/aromatic N) is 3. The third-order valence-corrected chi connectivity index (χ3v) is 11.7. The number of phenolic OH excluding ortho intramolecular Hbond substituents is 1. The Labute approximate surface area is 406 Å². The van der Waals surface area contributed by atoms with Crippen LogP contribution in [0.25, 0.3) is 72.7 Å². The first-order valence-corrected chi connectivity index (χ1v) is 21.9. The number of aromatic hydroxyl groups is 1. The van der Waals surface area contributed by atoms with Crippen LogP contribution in [0, 0.1) is 18.8 Å². The molecule has 1 N–H and O–H groups in total. The second-order valence-corrected chi connectivity index (χ2v) is 20.3. The van der Waals surface area contributed by atoms with Gasteiger partial charge in [-0.25, -0.2) is 4.98 Å². The molecular formula is C59H62N3OPt-. The number of phenols is 1. The summed E-state index contributed by atoms with van der Waals surface area (Å²) < 4.78 is 60.8. The van der Waals surface area contributed by atoms with Gasteiger partial charge in [-0.05, 0) is 99.1 Å². The number of fused-ring (bicyclic) bond motifs is 1. The molecule has 6 aromatic carbocycles. The number of pyridine rings is 1. The Bertz CT molecular complexity index is 3290. The number of imidazole rings is 1. The van der Waals surface area contributed by atoms with Crippen LogP contribution in [0.15, 0.2) is 133 Å². The molecular weight excluding hydrogens is 962 g/mol. The summed E-state index contributed by atoms with van der Waals surface area (Å²) in [5.74, 6) is 1.17. The van der Waals surface area contributed by atoms with Crippen molar-refractivity contribution in [3.8, 4) is 67.5 Å². The topological polar surface area (TPSA) is 50.9 Å². The van der Waals surface area contributed by atoms with Gasteiger partial charge in [-0.1, -0.05) is 178 Å². The number of para-hydroxylation sites is 1. The molecule has 0 aliphatic heterocycles. The monoisotopic (exact) mass is 1030 g/mol. The first-order chi connectivity index (χ1) is 32.6. The Morgan fingerprint density at radius 2 is 1.36 bits per heavy atom. The fourth-order valence-electron chi connectivity index (χ4n) is 8.27. The van der Waals surface area contributed by atoms with E-state index in [-0.39, 0.29) is 48.6 Å². The van der Waals surface area contributed by atoms with E-state index in [0.29, 0.717) is 39.6 Å². The van der Waals surface area contributed by atoms with Crippen molar-refractivity contribution >= 4 is 11.0 Å². The van der Waals surface area contributed by atoms with Crippen molar-refractivity contribution in [2.24, 2.45) is 5.92 Å². The van der Waals surface area contributed by atoms with E-state index in [1.54, 1.807) is 18.3 Å². The molecule has 0 fully saturated rings. The number of aromatic nitrogens is 3. The Hall–Kier alpha value is -5.57. The van der Waals surface area contributed by atoms with E-state index in [2.05, 4.69) is 154 Å². The van der Waals surface area contributed by atoms with Crippen molar-refractivity contribution in [2.75, 3.05) is 0 Å². The van der Waals surface area contributed by atoms with Gasteiger partial charge in [0.15, 0.2) is 0 Å². The predicted molar refractivity (Wildman–Crippen MR) is 266 cm³/mol. The normalized spacial score (nSPS) is 14.0. The molecule has 0 amide bonds. The number of hydrogen-bond donors (Lipinski definition) is 1. The Kier molecular flexibility index (Phi) is 10.5. The zero-order valence-electron chi connectivity index (χ0n) is 45.8. The standard InChI is InChI=1S/C59H62N3O.Pt/c1-37(2)29-42-33-47(25-26-48(42)40-17-14-13-15-18-40)62-53-20-16-19-49(54(53)61-56(62)50-35-46(58(7,8)9)36-51(55(50)63)59(10,11)12)43-30-44(32-45(31-43)57(4,5)6)52-34-41(27-28-60-52)39-23-21-38(3)22-24-39;/h13-28,31-37,63H,29H2,1-12H3;/q-1;/i3D3,21D,22D,23D,24D;. The summed E-state index contributed by atoms with van der Waals surface area (Å²) in [6, 6.07) is 36.5. The van der Waals surface area contributed by atoms with Crippen LogP contribution >= 0.6 is 0 Å². The molecule has 0 bridgehead atoms. The molecule has 64 heavy (non-hydrogen) atoms. The maximum Gasteiger partial charge on any atom is 0.148 e. The molecule has 0 aliphatic carbocycles. The van der Waals surface area contributed by atoms with Crippen LogP contribution in [0.5, 0.6) is 5.75 Å². The Morgan fingerprint density at radius 3 is 2.02 bits per heavy atom. The average Bonchev–Trinajstić information content (AvgIpc) is 3.67. The number of benzene rings is 6. The molecule has 0 unspecified atom stereocenters. The van der Waals surface area contributed by atoms with Gasteiger partial charge in [-0.15, -0.1) is 29.3 Å². The molecule has 330 valence electrons. The van der Waals surface area contributed by atoms with E-state index in [9.17, 15) is 5.11 Å². The smallest absolute Gasteiger partial charge is 0.148 e. The van der Waals surface area contributed by atoms with Crippen molar-refractivity contribution in [2.45, 2.75) is 106 Å². The van der Waals surface area contributed by atoms with Gasteiger partial charge in [0.25, 0.3) is 0 Å². The first kappa shape index (κ1) is 37.8. The summed E-state index contributed by atoms with van der Waals surface area (Å²) in [6.07, 6.45) is 2.41. The SMILES string of the molecule is [2H]c1c([2H])c(C([2H])([2H])[2H])c([2H])c([2H])c1-c1ccnc(-c2[c-]c(-c3cccc4c3nc(-c3cc(C(C)(C)C)cc(C(C)(C)C)c3O)n4-c3ccc(-c4ccccc4)c(CC(C)C)c3)cc(C(C)(C)C)c2)c1.[Pt]. The minimum absolute atomic E-state index is 0. The van der Waals surface area contributed by atoms with Gasteiger partial charge in [0, 0.05) is 48.3 Å². The second-order valence-electron chi connectivity index (χ2n) is 20.3. The molecule has 2 aromatic heterocycles. The van der Waals surface area contributed by atoms with Crippen LogP contribution in [0.4, 0.5) is 0 Å². The molecule has 0 spiro atoms. The van der Waals surface area contributed by atoms with E-state index in [0.717, 1.165) is 51.0 Å². The zero-order valence-corrected chi connectivity index (χ0v) is 41.1. The van der Waals surface area contributed by atoms with Crippen LogP contribution in [0.2, 0.25) is 0 Å². The van der Waals surface area contributed by atoms with Crippen molar-refractivity contribution in [1.82, 2.24) is 14.5 Å². The molecule has 4 nitrogen and oxygen atoms in total. The van der Waals surface area contributed by atoms with Crippen LogP contribution < -0.4 is 0 Å². The first-order valence-electron chi connectivity index (χ1n) is 25.4. The van der Waals surface area contributed by atoms with E-state index >= 15 is 0 Å². The summed E-state index contributed by atoms with van der Waals surface area (Å²) in [4.78, 5) is 10.3. The van der Waals surface area contributed by atoms with Crippen molar-refractivity contribution in [3.63, 3.8) is 0 Å². The summed E-state index contributed by atoms with van der Waals surface area (Å²) in [5, 5.41) is 12.5. The Morgan fingerprint density at radius 1 is 0.672 bits per heavy atom. The number of hydrogen-bond acceptors (Lipinski definition) is 3. The molecule has 5 heteroatoms. The van der Waals surface area contributed by atoms with E-state index in [1.807, 2.05) is 24.3 Å². The molecule has 2 heterocycles. The van der Waals surface area contributed by atoms with E-state index < -0.39 is 36.6 Å². The summed E-state index contributed by atoms with van der Waals surface area (Å²) in [5.41, 5.74) is 11.0. The fraction of sp³-hybridized carbons (Fsp3) is 0.288. The van der Waals surface area contributed by atoms with Gasteiger partial charge in [0.1, 0.15) is 11.6 Å². The molecule has 0 saturated carbocycles. The van der Waals surface area contributed by atoms with Gasteiger partial charge >= 0.3 is 0 Å². The molecule has 8 aromatic rings. The summed E-state index contributed by atoms with van der Waals surface area (Å²) in [7, 11) is 0.